The molecule has 114 valence electrons. The van der Waals surface area contributed by atoms with Crippen LogP contribution in [-0.2, 0) is 0 Å². The molecular formula is C15H14N8. The molecule has 0 bridgehead atoms. The standard InChI is InChI=1S/C15H14N8/c1-2-4-12-11(3-1)18-13-10(14-20-21-22-23(12)14)8-17-15(19-13)16-7-9-5-6-9/h1-4,8-9H,5-7H2,(H2,16,17,18,19). The fraction of sp³-hybridized carbons (Fsp3) is 0.267. The van der Waals surface area contributed by atoms with Crippen LogP contribution in [0.5, 0.6) is 0 Å². The Labute approximate surface area is 132 Å². The Bertz CT molecular complexity index is 883. The molecule has 0 spiro atoms. The molecule has 23 heavy (non-hydrogen) atoms. The van der Waals surface area contributed by atoms with Gasteiger partial charge in [0.15, 0.2) is 5.82 Å². The van der Waals surface area contributed by atoms with Gasteiger partial charge >= 0.3 is 0 Å². The lowest BCUT2D eigenvalue weighted by atomic mass is 10.2. The van der Waals surface area contributed by atoms with E-state index in [1.165, 1.54) is 12.8 Å². The van der Waals surface area contributed by atoms with Gasteiger partial charge in [-0.25, -0.2) is 4.98 Å². The van der Waals surface area contributed by atoms with E-state index >= 15 is 0 Å². The maximum absolute atomic E-state index is 4.61. The van der Waals surface area contributed by atoms with Crippen molar-refractivity contribution in [2.24, 2.45) is 5.92 Å². The van der Waals surface area contributed by atoms with Gasteiger partial charge in [0.25, 0.3) is 0 Å². The third-order valence-corrected chi connectivity index (χ3v) is 4.13. The van der Waals surface area contributed by atoms with Crippen molar-refractivity contribution in [3.8, 4) is 17.1 Å². The summed E-state index contributed by atoms with van der Waals surface area (Å²) in [6.45, 7) is 0.924. The number of tetrazole rings is 1. The fourth-order valence-electron chi connectivity index (χ4n) is 2.69. The van der Waals surface area contributed by atoms with Gasteiger partial charge in [-0.15, -0.1) is 5.10 Å². The highest BCUT2D eigenvalue weighted by atomic mass is 15.5. The Morgan fingerprint density at radius 2 is 2.17 bits per heavy atom. The number of hydrogen-bond donors (Lipinski definition) is 2. The number of benzene rings is 1. The van der Waals surface area contributed by atoms with Crippen LogP contribution in [0.25, 0.3) is 17.1 Å². The molecule has 3 heterocycles. The Kier molecular flexibility index (Phi) is 2.57. The second kappa shape index (κ2) is 4.73. The van der Waals surface area contributed by atoms with Gasteiger partial charge < -0.3 is 10.6 Å². The molecule has 3 aromatic rings. The molecule has 1 aromatic carbocycles. The highest BCUT2D eigenvalue weighted by Gasteiger charge is 2.24. The molecule has 0 radical (unpaired) electrons. The second-order valence-electron chi connectivity index (χ2n) is 5.84. The molecule has 1 aliphatic carbocycles. The predicted molar refractivity (Wildman–Crippen MR) is 84.7 cm³/mol. The molecule has 2 aliphatic rings. The lowest BCUT2D eigenvalue weighted by Gasteiger charge is -2.09. The van der Waals surface area contributed by atoms with Crippen molar-refractivity contribution in [1.29, 1.82) is 0 Å². The van der Waals surface area contributed by atoms with Crippen LogP contribution in [0.1, 0.15) is 12.8 Å². The SMILES string of the molecule is c1ccc2c(c1)Nc1nc(NCC3CC3)ncc1-c1nnnn1-2. The van der Waals surface area contributed by atoms with Crippen molar-refractivity contribution in [2.75, 3.05) is 17.2 Å². The quantitative estimate of drug-likeness (QED) is 0.598. The molecule has 0 atom stereocenters. The molecule has 2 N–H and O–H groups in total. The van der Waals surface area contributed by atoms with Crippen molar-refractivity contribution in [2.45, 2.75) is 12.8 Å². The van der Waals surface area contributed by atoms with Crippen LogP contribution >= 0.6 is 0 Å². The lowest BCUT2D eigenvalue weighted by molar-refractivity contribution is 0.793. The lowest BCUT2D eigenvalue weighted by Crippen LogP contribution is -2.08. The van der Waals surface area contributed by atoms with E-state index in [1.807, 2.05) is 24.3 Å². The third kappa shape index (κ3) is 2.10. The summed E-state index contributed by atoms with van der Waals surface area (Å²) in [5.41, 5.74) is 2.58. The maximum Gasteiger partial charge on any atom is 0.224 e. The highest BCUT2D eigenvalue weighted by molar-refractivity contribution is 5.81. The molecule has 1 fully saturated rings. The zero-order chi connectivity index (χ0) is 15.2. The molecule has 0 unspecified atom stereocenters. The minimum Gasteiger partial charge on any atom is -0.354 e. The largest absolute Gasteiger partial charge is 0.354 e. The Balaban J connectivity index is 1.61. The molecule has 1 aliphatic heterocycles. The Hall–Kier alpha value is -3.03. The zero-order valence-electron chi connectivity index (χ0n) is 12.3. The minimum atomic E-state index is 0.626. The summed E-state index contributed by atoms with van der Waals surface area (Å²) >= 11 is 0. The number of anilines is 3. The van der Waals surface area contributed by atoms with Gasteiger partial charge in [0.1, 0.15) is 5.82 Å². The summed E-state index contributed by atoms with van der Waals surface area (Å²) in [5.74, 6) is 2.73. The topological polar surface area (TPSA) is 93.4 Å². The van der Waals surface area contributed by atoms with Crippen LogP contribution in [0.4, 0.5) is 17.5 Å². The highest BCUT2D eigenvalue weighted by Crippen LogP contribution is 2.35. The summed E-state index contributed by atoms with van der Waals surface area (Å²) < 4.78 is 1.70. The first kappa shape index (κ1) is 12.5. The molecule has 0 saturated heterocycles. The molecule has 1 saturated carbocycles. The van der Waals surface area contributed by atoms with Crippen LogP contribution in [0.15, 0.2) is 30.5 Å². The molecule has 5 rings (SSSR count). The number of aromatic nitrogens is 6. The maximum atomic E-state index is 4.61. The number of rotatable bonds is 3. The number of hydrogen-bond acceptors (Lipinski definition) is 7. The van der Waals surface area contributed by atoms with Gasteiger partial charge in [-0.2, -0.15) is 9.67 Å². The monoisotopic (exact) mass is 306 g/mol. The normalized spacial score (nSPS) is 15.0. The van der Waals surface area contributed by atoms with Gasteiger partial charge in [0.2, 0.25) is 5.95 Å². The predicted octanol–water partition coefficient (Wildman–Crippen LogP) is 2.00. The zero-order valence-corrected chi connectivity index (χ0v) is 12.3. The van der Waals surface area contributed by atoms with Gasteiger partial charge in [-0.1, -0.05) is 12.1 Å². The summed E-state index contributed by atoms with van der Waals surface area (Å²) in [7, 11) is 0. The molecular weight excluding hydrogens is 292 g/mol. The van der Waals surface area contributed by atoms with E-state index in [1.54, 1.807) is 10.9 Å². The van der Waals surface area contributed by atoms with Crippen molar-refractivity contribution in [3.05, 3.63) is 30.5 Å². The van der Waals surface area contributed by atoms with Crippen LogP contribution in [0, 0.1) is 5.92 Å². The summed E-state index contributed by atoms with van der Waals surface area (Å²) in [6, 6.07) is 7.87. The van der Waals surface area contributed by atoms with Crippen molar-refractivity contribution >= 4 is 17.5 Å². The van der Waals surface area contributed by atoms with Gasteiger partial charge in [-0.3, -0.25) is 0 Å². The Morgan fingerprint density at radius 3 is 3.09 bits per heavy atom. The van der Waals surface area contributed by atoms with E-state index in [4.69, 9.17) is 0 Å². The van der Waals surface area contributed by atoms with Crippen molar-refractivity contribution < 1.29 is 0 Å². The molecule has 8 heteroatoms. The average Bonchev–Trinajstić information content (AvgIpc) is 3.31. The second-order valence-corrected chi connectivity index (χ2v) is 5.84. The van der Waals surface area contributed by atoms with Gasteiger partial charge in [-0.05, 0) is 41.3 Å². The number of nitrogens with one attached hydrogen (secondary N) is 2. The number of para-hydroxylation sites is 2. The number of fused-ring (bicyclic) bond motifs is 5. The van der Waals surface area contributed by atoms with Crippen LogP contribution in [-0.4, -0.2) is 36.7 Å². The fourth-order valence-corrected chi connectivity index (χ4v) is 2.69. The summed E-state index contributed by atoms with van der Waals surface area (Å²) in [5, 5.41) is 18.7. The summed E-state index contributed by atoms with van der Waals surface area (Å²) in [4.78, 5) is 9.01. The van der Waals surface area contributed by atoms with E-state index in [2.05, 4.69) is 36.1 Å². The van der Waals surface area contributed by atoms with E-state index in [0.717, 1.165) is 29.4 Å². The van der Waals surface area contributed by atoms with E-state index in [9.17, 15) is 0 Å². The minimum absolute atomic E-state index is 0.626. The van der Waals surface area contributed by atoms with Gasteiger partial charge in [0, 0.05) is 12.7 Å². The first-order valence-corrected chi connectivity index (χ1v) is 7.64. The third-order valence-electron chi connectivity index (χ3n) is 4.13. The van der Waals surface area contributed by atoms with Crippen LogP contribution in [0.2, 0.25) is 0 Å². The van der Waals surface area contributed by atoms with E-state index in [-0.39, 0.29) is 0 Å². The first-order valence-electron chi connectivity index (χ1n) is 7.64. The van der Waals surface area contributed by atoms with Gasteiger partial charge in [0.05, 0.1) is 16.9 Å². The van der Waals surface area contributed by atoms with Crippen LogP contribution in [0.3, 0.4) is 0 Å². The van der Waals surface area contributed by atoms with Crippen molar-refractivity contribution in [1.82, 2.24) is 30.2 Å². The van der Waals surface area contributed by atoms with Crippen molar-refractivity contribution in [3.63, 3.8) is 0 Å². The first-order chi connectivity index (χ1) is 11.4. The molecule has 8 nitrogen and oxygen atoms in total. The Morgan fingerprint density at radius 1 is 1.26 bits per heavy atom. The van der Waals surface area contributed by atoms with E-state index in [0.29, 0.717) is 17.6 Å². The van der Waals surface area contributed by atoms with E-state index < -0.39 is 0 Å². The smallest absolute Gasteiger partial charge is 0.224 e. The summed E-state index contributed by atoms with van der Waals surface area (Å²) in [6.07, 6.45) is 4.34. The van der Waals surface area contributed by atoms with Crippen LogP contribution < -0.4 is 10.6 Å². The average molecular weight is 306 g/mol. The number of nitrogens with zero attached hydrogens (tertiary/aromatic N) is 6. The molecule has 0 amide bonds. The molecule has 2 aromatic heterocycles.